The van der Waals surface area contributed by atoms with Gasteiger partial charge in [0.1, 0.15) is 0 Å². The number of methoxy groups -OCH3 is 1. The number of alkyl halides is 3. The third-order valence-electron chi connectivity index (χ3n) is 2.77. The standard InChI is InChI=1S/C15H23F3N4O2.HI/c1-4-19-14(22-11(2)9-23-3)21-8-12-6-5-7-20-13(12)24-10-15(16,17)18;/h5-7,11H,4,8-10H2,1-3H3,(H2,19,21,22);1H. The van der Waals surface area contributed by atoms with E-state index in [9.17, 15) is 13.2 Å². The van der Waals surface area contributed by atoms with Crippen LogP contribution < -0.4 is 15.4 Å². The monoisotopic (exact) mass is 476 g/mol. The third-order valence-corrected chi connectivity index (χ3v) is 2.77. The molecule has 0 saturated heterocycles. The summed E-state index contributed by atoms with van der Waals surface area (Å²) in [6, 6.07) is 3.28. The maximum Gasteiger partial charge on any atom is 0.422 e. The topological polar surface area (TPSA) is 67.8 Å². The van der Waals surface area contributed by atoms with Gasteiger partial charge in [-0.3, -0.25) is 0 Å². The second-order valence-electron chi connectivity index (χ2n) is 5.07. The molecule has 25 heavy (non-hydrogen) atoms. The van der Waals surface area contributed by atoms with E-state index in [-0.39, 0.29) is 42.4 Å². The van der Waals surface area contributed by atoms with Gasteiger partial charge in [0.15, 0.2) is 12.6 Å². The molecule has 0 bridgehead atoms. The van der Waals surface area contributed by atoms with Crippen molar-refractivity contribution in [1.29, 1.82) is 0 Å². The van der Waals surface area contributed by atoms with Crippen LogP contribution in [0.4, 0.5) is 13.2 Å². The number of hydrogen-bond donors (Lipinski definition) is 2. The molecular formula is C15H24F3IN4O2. The highest BCUT2D eigenvalue weighted by Gasteiger charge is 2.29. The van der Waals surface area contributed by atoms with Crippen molar-refractivity contribution in [2.24, 2.45) is 4.99 Å². The fraction of sp³-hybridized carbons (Fsp3) is 0.600. The summed E-state index contributed by atoms with van der Waals surface area (Å²) in [6.07, 6.45) is -3.03. The van der Waals surface area contributed by atoms with Crippen molar-refractivity contribution in [3.8, 4) is 5.88 Å². The lowest BCUT2D eigenvalue weighted by Crippen LogP contribution is -2.43. The predicted molar refractivity (Wildman–Crippen MR) is 100 cm³/mol. The molecule has 1 atom stereocenters. The van der Waals surface area contributed by atoms with Crippen LogP contribution in [-0.4, -0.2) is 50.0 Å². The number of hydrogen-bond acceptors (Lipinski definition) is 4. The molecule has 144 valence electrons. The number of halogens is 4. The van der Waals surface area contributed by atoms with Crippen molar-refractivity contribution >= 4 is 29.9 Å². The second kappa shape index (κ2) is 12.1. The zero-order chi connectivity index (χ0) is 18.0. The maximum absolute atomic E-state index is 12.3. The Morgan fingerprint density at radius 1 is 1.40 bits per heavy atom. The summed E-state index contributed by atoms with van der Waals surface area (Å²) in [5, 5.41) is 6.20. The number of aliphatic imine (C=N–C) groups is 1. The van der Waals surface area contributed by atoms with Crippen molar-refractivity contribution < 1.29 is 22.6 Å². The van der Waals surface area contributed by atoms with Gasteiger partial charge in [-0.25, -0.2) is 9.98 Å². The minimum absolute atomic E-state index is 0. The highest BCUT2D eigenvalue weighted by Crippen LogP contribution is 2.20. The van der Waals surface area contributed by atoms with Gasteiger partial charge in [0.2, 0.25) is 5.88 Å². The van der Waals surface area contributed by atoms with Crippen LogP contribution in [0, 0.1) is 0 Å². The van der Waals surface area contributed by atoms with Crippen molar-refractivity contribution in [2.45, 2.75) is 32.6 Å². The van der Waals surface area contributed by atoms with Gasteiger partial charge < -0.3 is 20.1 Å². The first-order chi connectivity index (χ1) is 11.4. The highest BCUT2D eigenvalue weighted by molar-refractivity contribution is 14.0. The Morgan fingerprint density at radius 2 is 2.12 bits per heavy atom. The molecule has 1 aromatic rings. The Hall–Kier alpha value is -1.30. The van der Waals surface area contributed by atoms with E-state index >= 15 is 0 Å². The van der Waals surface area contributed by atoms with Crippen LogP contribution in [0.15, 0.2) is 23.3 Å². The molecule has 2 N–H and O–H groups in total. The smallest absolute Gasteiger partial charge is 0.422 e. The predicted octanol–water partition coefficient (Wildman–Crippen LogP) is 2.73. The van der Waals surface area contributed by atoms with Crippen LogP contribution in [0.1, 0.15) is 19.4 Å². The zero-order valence-electron chi connectivity index (χ0n) is 14.4. The Balaban J connectivity index is 0.00000576. The first-order valence-electron chi connectivity index (χ1n) is 7.53. The molecule has 1 heterocycles. The van der Waals surface area contributed by atoms with Crippen molar-refractivity contribution in [3.05, 3.63) is 23.9 Å². The van der Waals surface area contributed by atoms with E-state index in [0.29, 0.717) is 24.7 Å². The van der Waals surface area contributed by atoms with Crippen LogP contribution in [0.25, 0.3) is 0 Å². The molecule has 1 unspecified atom stereocenters. The number of rotatable bonds is 8. The summed E-state index contributed by atoms with van der Waals surface area (Å²) in [5.74, 6) is 0.465. The lowest BCUT2D eigenvalue weighted by atomic mass is 10.3. The molecule has 0 aliphatic carbocycles. The van der Waals surface area contributed by atoms with Crippen LogP contribution in [0.3, 0.4) is 0 Å². The number of aromatic nitrogens is 1. The molecule has 1 aromatic heterocycles. The summed E-state index contributed by atoms with van der Waals surface area (Å²) < 4.78 is 46.7. The number of ether oxygens (including phenoxy) is 2. The third kappa shape index (κ3) is 10.3. The number of pyridine rings is 1. The average molecular weight is 476 g/mol. The van der Waals surface area contributed by atoms with Gasteiger partial charge in [-0.15, -0.1) is 24.0 Å². The quantitative estimate of drug-likeness (QED) is 0.343. The molecule has 6 nitrogen and oxygen atoms in total. The Labute approximate surface area is 162 Å². The molecule has 0 amide bonds. The van der Waals surface area contributed by atoms with E-state index in [1.54, 1.807) is 19.2 Å². The van der Waals surface area contributed by atoms with E-state index in [2.05, 4.69) is 20.6 Å². The number of nitrogens with zero attached hydrogens (tertiary/aromatic N) is 2. The van der Waals surface area contributed by atoms with Gasteiger partial charge in [0.25, 0.3) is 0 Å². The van der Waals surface area contributed by atoms with Gasteiger partial charge in [-0.1, -0.05) is 6.07 Å². The van der Waals surface area contributed by atoms with Gasteiger partial charge in [-0.05, 0) is 19.9 Å². The molecule has 1 rings (SSSR count). The number of nitrogens with one attached hydrogen (secondary N) is 2. The summed E-state index contributed by atoms with van der Waals surface area (Å²) in [6.45, 7) is 3.74. The lowest BCUT2D eigenvalue weighted by molar-refractivity contribution is -0.154. The molecule has 10 heteroatoms. The Kier molecular flexibility index (Phi) is 11.5. The van der Waals surface area contributed by atoms with E-state index in [1.165, 1.54) is 6.20 Å². The van der Waals surface area contributed by atoms with Crippen LogP contribution >= 0.6 is 24.0 Å². The zero-order valence-corrected chi connectivity index (χ0v) is 16.7. The first-order valence-corrected chi connectivity index (χ1v) is 7.53. The van der Waals surface area contributed by atoms with E-state index < -0.39 is 12.8 Å². The highest BCUT2D eigenvalue weighted by atomic mass is 127. The molecule has 0 fully saturated rings. The van der Waals surface area contributed by atoms with Crippen LogP contribution in [0.2, 0.25) is 0 Å². The summed E-state index contributed by atoms with van der Waals surface area (Å²) in [5.41, 5.74) is 0.471. The fourth-order valence-electron chi connectivity index (χ4n) is 1.83. The molecular weight excluding hydrogens is 452 g/mol. The molecule has 0 saturated carbocycles. The molecule has 0 aliphatic heterocycles. The van der Waals surface area contributed by atoms with Gasteiger partial charge >= 0.3 is 6.18 Å². The second-order valence-corrected chi connectivity index (χ2v) is 5.07. The summed E-state index contributed by atoms with van der Waals surface area (Å²) in [4.78, 5) is 8.19. The minimum atomic E-state index is -4.41. The normalized spacial score (nSPS) is 13.0. The van der Waals surface area contributed by atoms with Gasteiger partial charge in [0, 0.05) is 31.5 Å². The van der Waals surface area contributed by atoms with Crippen molar-refractivity contribution in [3.63, 3.8) is 0 Å². The minimum Gasteiger partial charge on any atom is -0.468 e. The van der Waals surface area contributed by atoms with Crippen molar-refractivity contribution in [1.82, 2.24) is 15.6 Å². The van der Waals surface area contributed by atoms with Crippen molar-refractivity contribution in [2.75, 3.05) is 26.9 Å². The Morgan fingerprint density at radius 3 is 2.72 bits per heavy atom. The van der Waals surface area contributed by atoms with E-state index in [4.69, 9.17) is 9.47 Å². The Bertz CT molecular complexity index is 530. The van der Waals surface area contributed by atoms with Crippen LogP contribution in [-0.2, 0) is 11.3 Å². The lowest BCUT2D eigenvalue weighted by Gasteiger charge is -2.17. The molecule has 0 aromatic carbocycles. The first kappa shape index (κ1) is 23.7. The molecule has 0 aliphatic rings. The largest absolute Gasteiger partial charge is 0.468 e. The maximum atomic E-state index is 12.3. The average Bonchev–Trinajstić information content (AvgIpc) is 2.51. The van der Waals surface area contributed by atoms with Crippen LogP contribution in [0.5, 0.6) is 5.88 Å². The number of guanidine groups is 1. The summed E-state index contributed by atoms with van der Waals surface area (Å²) >= 11 is 0. The molecule has 0 spiro atoms. The SMILES string of the molecule is CCNC(=NCc1cccnc1OCC(F)(F)F)NC(C)COC.I. The van der Waals surface area contributed by atoms with Gasteiger partial charge in [0.05, 0.1) is 13.2 Å². The van der Waals surface area contributed by atoms with E-state index in [1.807, 2.05) is 13.8 Å². The fourth-order valence-corrected chi connectivity index (χ4v) is 1.83. The van der Waals surface area contributed by atoms with Gasteiger partial charge in [-0.2, -0.15) is 13.2 Å². The summed E-state index contributed by atoms with van der Waals surface area (Å²) in [7, 11) is 1.60. The molecule has 0 radical (unpaired) electrons. The van der Waals surface area contributed by atoms with E-state index in [0.717, 1.165) is 0 Å².